The summed E-state index contributed by atoms with van der Waals surface area (Å²) in [6.07, 6.45) is 2.03. The maximum absolute atomic E-state index is 4.79. The molecule has 4 aromatic rings. The van der Waals surface area contributed by atoms with Crippen LogP contribution in [0.5, 0.6) is 0 Å². The third-order valence-electron chi connectivity index (χ3n) is 3.71. The summed E-state index contributed by atoms with van der Waals surface area (Å²) in [6.45, 7) is 2.10. The Labute approximate surface area is 117 Å². The van der Waals surface area contributed by atoms with Crippen molar-refractivity contribution in [2.45, 2.75) is 6.92 Å². The summed E-state index contributed by atoms with van der Waals surface area (Å²) in [5.41, 5.74) is 5.62. The predicted molar refractivity (Wildman–Crippen MR) is 83.8 cm³/mol. The maximum atomic E-state index is 4.79. The number of nitrogens with zero attached hydrogens (tertiary/aromatic N) is 1. The van der Waals surface area contributed by atoms with Crippen LogP contribution in [-0.4, -0.2) is 9.97 Å². The van der Waals surface area contributed by atoms with E-state index in [1.165, 1.54) is 16.3 Å². The lowest BCUT2D eigenvalue weighted by molar-refractivity contribution is 1.38. The average molecular weight is 258 g/mol. The first-order valence-corrected chi connectivity index (χ1v) is 6.75. The van der Waals surface area contributed by atoms with Crippen LogP contribution in [0.25, 0.3) is 33.1 Å². The van der Waals surface area contributed by atoms with Crippen LogP contribution in [0.4, 0.5) is 0 Å². The van der Waals surface area contributed by atoms with Crippen molar-refractivity contribution in [3.63, 3.8) is 0 Å². The number of H-pyrrole nitrogens is 1. The standard InChI is InChI=1S/C18H14N2/c1-12-6-8-16-13(10-12)7-9-18(20-16)15-11-19-17-5-3-2-4-14(15)17/h2-11,19H,1H3. The Morgan fingerprint density at radius 3 is 2.80 bits per heavy atom. The highest BCUT2D eigenvalue weighted by Crippen LogP contribution is 2.28. The number of fused-ring (bicyclic) bond motifs is 2. The number of hydrogen-bond acceptors (Lipinski definition) is 1. The summed E-state index contributed by atoms with van der Waals surface area (Å²) >= 11 is 0. The molecule has 20 heavy (non-hydrogen) atoms. The summed E-state index contributed by atoms with van der Waals surface area (Å²) in [7, 11) is 0. The van der Waals surface area contributed by atoms with Gasteiger partial charge in [-0.2, -0.15) is 0 Å². The maximum Gasteiger partial charge on any atom is 0.0731 e. The van der Waals surface area contributed by atoms with Crippen molar-refractivity contribution in [2.75, 3.05) is 0 Å². The Bertz CT molecular complexity index is 919. The van der Waals surface area contributed by atoms with E-state index in [0.29, 0.717) is 0 Å². The molecule has 0 bridgehead atoms. The monoisotopic (exact) mass is 258 g/mol. The van der Waals surface area contributed by atoms with Gasteiger partial charge in [0.05, 0.1) is 11.2 Å². The number of aromatic nitrogens is 2. The molecule has 96 valence electrons. The fourth-order valence-corrected chi connectivity index (χ4v) is 2.68. The van der Waals surface area contributed by atoms with E-state index in [9.17, 15) is 0 Å². The van der Waals surface area contributed by atoms with Crippen molar-refractivity contribution in [3.05, 3.63) is 66.4 Å². The Kier molecular flexibility index (Phi) is 2.36. The highest BCUT2D eigenvalue weighted by Gasteiger charge is 2.07. The van der Waals surface area contributed by atoms with E-state index in [2.05, 4.69) is 60.4 Å². The van der Waals surface area contributed by atoms with Gasteiger partial charge in [-0.25, -0.2) is 4.98 Å². The molecule has 2 aromatic heterocycles. The van der Waals surface area contributed by atoms with Crippen LogP contribution in [0.1, 0.15) is 5.56 Å². The Morgan fingerprint density at radius 1 is 0.950 bits per heavy atom. The van der Waals surface area contributed by atoms with Crippen LogP contribution >= 0.6 is 0 Å². The number of aryl methyl sites for hydroxylation is 1. The molecule has 0 amide bonds. The minimum atomic E-state index is 1.01. The highest BCUT2D eigenvalue weighted by atomic mass is 14.7. The van der Waals surface area contributed by atoms with Gasteiger partial charge in [0.15, 0.2) is 0 Å². The third kappa shape index (κ3) is 1.69. The normalized spacial score (nSPS) is 11.2. The lowest BCUT2D eigenvalue weighted by Gasteiger charge is -2.03. The molecule has 0 radical (unpaired) electrons. The molecule has 2 nitrogen and oxygen atoms in total. The minimum Gasteiger partial charge on any atom is -0.360 e. The SMILES string of the molecule is Cc1ccc2nc(-c3c[nH]c4ccccc34)ccc2c1. The first kappa shape index (κ1) is 11.2. The van der Waals surface area contributed by atoms with Gasteiger partial charge in [-0.15, -0.1) is 0 Å². The van der Waals surface area contributed by atoms with Crippen LogP contribution in [0.3, 0.4) is 0 Å². The lowest BCUT2D eigenvalue weighted by Crippen LogP contribution is -1.85. The Morgan fingerprint density at radius 2 is 1.85 bits per heavy atom. The molecule has 2 heteroatoms. The van der Waals surface area contributed by atoms with Gasteiger partial charge in [0.2, 0.25) is 0 Å². The molecule has 0 saturated heterocycles. The topological polar surface area (TPSA) is 28.7 Å². The molecule has 0 aliphatic heterocycles. The summed E-state index contributed by atoms with van der Waals surface area (Å²) in [4.78, 5) is 8.09. The van der Waals surface area contributed by atoms with Gasteiger partial charge in [-0.3, -0.25) is 0 Å². The smallest absolute Gasteiger partial charge is 0.0731 e. The number of para-hydroxylation sites is 1. The lowest BCUT2D eigenvalue weighted by atomic mass is 10.1. The molecule has 0 aliphatic rings. The number of aromatic amines is 1. The third-order valence-corrected chi connectivity index (χ3v) is 3.71. The number of benzene rings is 2. The van der Waals surface area contributed by atoms with E-state index in [-0.39, 0.29) is 0 Å². The first-order valence-electron chi connectivity index (χ1n) is 6.75. The van der Waals surface area contributed by atoms with Gasteiger partial charge < -0.3 is 4.98 Å². The van der Waals surface area contributed by atoms with Crippen LogP contribution < -0.4 is 0 Å². The van der Waals surface area contributed by atoms with E-state index in [0.717, 1.165) is 22.3 Å². The quantitative estimate of drug-likeness (QED) is 0.527. The summed E-state index contributed by atoms with van der Waals surface area (Å²) in [5.74, 6) is 0. The Hall–Kier alpha value is -2.61. The molecule has 2 aromatic carbocycles. The number of pyridine rings is 1. The zero-order valence-electron chi connectivity index (χ0n) is 11.2. The largest absolute Gasteiger partial charge is 0.360 e. The van der Waals surface area contributed by atoms with Crippen molar-refractivity contribution in [1.82, 2.24) is 9.97 Å². The molecule has 0 fully saturated rings. The van der Waals surface area contributed by atoms with E-state index in [4.69, 9.17) is 4.98 Å². The van der Waals surface area contributed by atoms with Crippen LogP contribution in [0.2, 0.25) is 0 Å². The summed E-state index contributed by atoms with van der Waals surface area (Å²) in [5, 5.41) is 2.40. The second-order valence-electron chi connectivity index (χ2n) is 5.14. The number of hydrogen-bond donors (Lipinski definition) is 1. The van der Waals surface area contributed by atoms with Crippen molar-refractivity contribution < 1.29 is 0 Å². The molecule has 1 N–H and O–H groups in total. The van der Waals surface area contributed by atoms with Crippen molar-refractivity contribution in [2.24, 2.45) is 0 Å². The van der Waals surface area contributed by atoms with Gasteiger partial charge >= 0.3 is 0 Å². The first-order chi connectivity index (χ1) is 9.81. The minimum absolute atomic E-state index is 1.01. The summed E-state index contributed by atoms with van der Waals surface area (Å²) < 4.78 is 0. The molecule has 0 atom stereocenters. The fourth-order valence-electron chi connectivity index (χ4n) is 2.68. The zero-order valence-corrected chi connectivity index (χ0v) is 11.2. The van der Waals surface area contributed by atoms with E-state index >= 15 is 0 Å². The van der Waals surface area contributed by atoms with Gasteiger partial charge in [-0.1, -0.05) is 35.9 Å². The Balaban J connectivity index is 1.96. The molecule has 4 rings (SSSR count). The summed E-state index contributed by atoms with van der Waals surface area (Å²) in [6, 6.07) is 18.9. The average Bonchev–Trinajstić information content (AvgIpc) is 2.91. The molecule has 0 unspecified atom stereocenters. The molecule has 0 spiro atoms. The fraction of sp³-hybridized carbons (Fsp3) is 0.0556. The number of rotatable bonds is 1. The van der Waals surface area contributed by atoms with Gasteiger partial charge in [0.25, 0.3) is 0 Å². The van der Waals surface area contributed by atoms with Crippen molar-refractivity contribution in [1.29, 1.82) is 0 Å². The molecule has 0 aliphatic carbocycles. The van der Waals surface area contributed by atoms with Crippen LogP contribution in [0.15, 0.2) is 60.8 Å². The van der Waals surface area contributed by atoms with E-state index in [1.54, 1.807) is 0 Å². The van der Waals surface area contributed by atoms with E-state index < -0.39 is 0 Å². The van der Waals surface area contributed by atoms with Gasteiger partial charge in [0, 0.05) is 28.0 Å². The van der Waals surface area contributed by atoms with Crippen LogP contribution in [0, 0.1) is 6.92 Å². The second-order valence-corrected chi connectivity index (χ2v) is 5.14. The van der Waals surface area contributed by atoms with Gasteiger partial charge in [0.1, 0.15) is 0 Å². The number of nitrogens with one attached hydrogen (secondary N) is 1. The zero-order chi connectivity index (χ0) is 13.5. The molecular formula is C18H14N2. The van der Waals surface area contributed by atoms with Crippen LogP contribution in [-0.2, 0) is 0 Å². The predicted octanol–water partition coefficient (Wildman–Crippen LogP) is 4.69. The molecule has 0 saturated carbocycles. The molecular weight excluding hydrogens is 244 g/mol. The molecule has 2 heterocycles. The van der Waals surface area contributed by atoms with Gasteiger partial charge in [-0.05, 0) is 31.2 Å². The van der Waals surface area contributed by atoms with Crippen molar-refractivity contribution >= 4 is 21.8 Å². The highest BCUT2D eigenvalue weighted by molar-refractivity contribution is 5.95. The second kappa shape index (κ2) is 4.20. The van der Waals surface area contributed by atoms with E-state index in [1.807, 2.05) is 12.3 Å². The van der Waals surface area contributed by atoms with Crippen molar-refractivity contribution in [3.8, 4) is 11.3 Å².